The molecule has 0 spiro atoms. The molecular formula is C16H17N3O. The number of benzene rings is 1. The Morgan fingerprint density at radius 2 is 2.05 bits per heavy atom. The Kier molecular flexibility index (Phi) is 3.65. The van der Waals surface area contributed by atoms with Crippen molar-refractivity contribution >= 4 is 0 Å². The van der Waals surface area contributed by atoms with Crippen molar-refractivity contribution in [2.45, 2.75) is 19.5 Å². The highest BCUT2D eigenvalue weighted by Crippen LogP contribution is 2.21. The van der Waals surface area contributed by atoms with E-state index in [9.17, 15) is 0 Å². The van der Waals surface area contributed by atoms with Gasteiger partial charge in [0.2, 0.25) is 0 Å². The molecule has 0 aliphatic rings. The van der Waals surface area contributed by atoms with E-state index in [-0.39, 0.29) is 6.04 Å². The summed E-state index contributed by atoms with van der Waals surface area (Å²) < 4.78 is 5.39. The van der Waals surface area contributed by atoms with Crippen LogP contribution in [0, 0.1) is 0 Å². The van der Waals surface area contributed by atoms with Crippen LogP contribution in [-0.4, -0.2) is 10.2 Å². The van der Waals surface area contributed by atoms with Gasteiger partial charge in [-0.1, -0.05) is 30.3 Å². The second-order valence-electron chi connectivity index (χ2n) is 4.75. The monoisotopic (exact) mass is 267 g/mol. The maximum absolute atomic E-state index is 5.39. The minimum absolute atomic E-state index is 0.170. The van der Waals surface area contributed by atoms with Gasteiger partial charge in [0, 0.05) is 12.1 Å². The van der Waals surface area contributed by atoms with Crippen molar-refractivity contribution in [3.05, 3.63) is 66.2 Å². The highest BCUT2D eigenvalue weighted by molar-refractivity contribution is 5.62. The molecule has 3 rings (SSSR count). The Morgan fingerprint density at radius 3 is 2.80 bits per heavy atom. The van der Waals surface area contributed by atoms with Crippen LogP contribution in [0.5, 0.6) is 0 Å². The SMILES string of the molecule is C[C@H](NCc1cn[nH]c1-c1ccccc1)c1ccco1. The molecule has 3 aromatic rings. The third-order valence-electron chi connectivity index (χ3n) is 3.35. The molecule has 4 nitrogen and oxygen atoms in total. The molecule has 0 amide bonds. The van der Waals surface area contributed by atoms with Gasteiger partial charge in [0.05, 0.1) is 24.2 Å². The molecule has 0 saturated carbocycles. The molecule has 4 heteroatoms. The minimum atomic E-state index is 0.170. The number of furan rings is 1. The summed E-state index contributed by atoms with van der Waals surface area (Å²) >= 11 is 0. The molecule has 0 aliphatic heterocycles. The quantitative estimate of drug-likeness (QED) is 0.743. The average molecular weight is 267 g/mol. The van der Waals surface area contributed by atoms with Gasteiger partial charge in [-0.15, -0.1) is 0 Å². The summed E-state index contributed by atoms with van der Waals surface area (Å²) in [6.45, 7) is 2.82. The summed E-state index contributed by atoms with van der Waals surface area (Å²) in [4.78, 5) is 0. The Labute approximate surface area is 117 Å². The van der Waals surface area contributed by atoms with E-state index in [4.69, 9.17) is 4.42 Å². The fourth-order valence-corrected chi connectivity index (χ4v) is 2.20. The Bertz CT molecular complexity index is 643. The molecule has 1 aromatic carbocycles. The summed E-state index contributed by atoms with van der Waals surface area (Å²) in [7, 11) is 0. The molecule has 0 bridgehead atoms. The number of hydrogen-bond donors (Lipinski definition) is 2. The van der Waals surface area contributed by atoms with Gasteiger partial charge in [-0.25, -0.2) is 0 Å². The lowest BCUT2D eigenvalue weighted by Gasteiger charge is -2.11. The van der Waals surface area contributed by atoms with Crippen LogP contribution in [0.25, 0.3) is 11.3 Å². The number of aromatic nitrogens is 2. The highest BCUT2D eigenvalue weighted by atomic mass is 16.3. The molecule has 1 atom stereocenters. The molecule has 2 aromatic heterocycles. The van der Waals surface area contributed by atoms with Gasteiger partial charge in [0.15, 0.2) is 0 Å². The van der Waals surface area contributed by atoms with E-state index in [1.54, 1.807) is 6.26 Å². The number of rotatable bonds is 5. The first kappa shape index (κ1) is 12.7. The van der Waals surface area contributed by atoms with Crippen molar-refractivity contribution in [1.82, 2.24) is 15.5 Å². The van der Waals surface area contributed by atoms with E-state index in [1.165, 1.54) is 0 Å². The average Bonchev–Trinajstić information content (AvgIpc) is 3.17. The zero-order valence-corrected chi connectivity index (χ0v) is 11.3. The van der Waals surface area contributed by atoms with Crippen molar-refractivity contribution < 1.29 is 4.42 Å². The van der Waals surface area contributed by atoms with Crippen LogP contribution in [0.2, 0.25) is 0 Å². The molecule has 102 valence electrons. The summed E-state index contributed by atoms with van der Waals surface area (Å²) in [5.41, 5.74) is 3.35. The summed E-state index contributed by atoms with van der Waals surface area (Å²) in [5, 5.41) is 10.7. The highest BCUT2D eigenvalue weighted by Gasteiger charge is 2.11. The fourth-order valence-electron chi connectivity index (χ4n) is 2.20. The number of H-pyrrole nitrogens is 1. The van der Waals surface area contributed by atoms with Crippen LogP contribution >= 0.6 is 0 Å². The van der Waals surface area contributed by atoms with Gasteiger partial charge in [-0.2, -0.15) is 5.10 Å². The minimum Gasteiger partial charge on any atom is -0.468 e. The molecule has 2 N–H and O–H groups in total. The molecule has 0 fully saturated rings. The maximum atomic E-state index is 5.39. The van der Waals surface area contributed by atoms with Crippen molar-refractivity contribution in [2.75, 3.05) is 0 Å². The Hall–Kier alpha value is -2.33. The third-order valence-corrected chi connectivity index (χ3v) is 3.35. The van der Waals surface area contributed by atoms with E-state index >= 15 is 0 Å². The van der Waals surface area contributed by atoms with Gasteiger partial charge in [-0.05, 0) is 24.6 Å². The van der Waals surface area contributed by atoms with Crippen molar-refractivity contribution in [3.8, 4) is 11.3 Å². The predicted molar refractivity (Wildman–Crippen MR) is 78.0 cm³/mol. The second kappa shape index (κ2) is 5.75. The first-order chi connectivity index (χ1) is 9.84. The van der Waals surface area contributed by atoms with Crippen molar-refractivity contribution in [2.24, 2.45) is 0 Å². The van der Waals surface area contributed by atoms with Gasteiger partial charge >= 0.3 is 0 Å². The molecular weight excluding hydrogens is 250 g/mol. The molecule has 0 radical (unpaired) electrons. The zero-order chi connectivity index (χ0) is 13.8. The number of nitrogens with one attached hydrogen (secondary N) is 2. The van der Waals surface area contributed by atoms with E-state index in [0.717, 1.165) is 29.1 Å². The maximum Gasteiger partial charge on any atom is 0.120 e. The van der Waals surface area contributed by atoms with Gasteiger partial charge < -0.3 is 9.73 Å². The molecule has 2 heterocycles. The summed E-state index contributed by atoms with van der Waals surface area (Å²) in [6, 6.07) is 14.3. The van der Waals surface area contributed by atoms with Gasteiger partial charge in [0.25, 0.3) is 0 Å². The lowest BCUT2D eigenvalue weighted by atomic mass is 10.1. The third kappa shape index (κ3) is 2.65. The van der Waals surface area contributed by atoms with Crippen LogP contribution in [0.4, 0.5) is 0 Å². The van der Waals surface area contributed by atoms with Crippen molar-refractivity contribution in [3.63, 3.8) is 0 Å². The van der Waals surface area contributed by atoms with Crippen molar-refractivity contribution in [1.29, 1.82) is 0 Å². The Balaban J connectivity index is 1.72. The van der Waals surface area contributed by atoms with Crippen LogP contribution in [-0.2, 0) is 6.54 Å². The zero-order valence-electron chi connectivity index (χ0n) is 11.3. The molecule has 20 heavy (non-hydrogen) atoms. The van der Waals surface area contributed by atoms with E-state index in [0.29, 0.717) is 0 Å². The molecule has 0 aliphatic carbocycles. The van der Waals surface area contributed by atoms with Gasteiger partial charge in [-0.3, -0.25) is 5.10 Å². The first-order valence-corrected chi connectivity index (χ1v) is 6.69. The lowest BCUT2D eigenvalue weighted by molar-refractivity contribution is 0.430. The Morgan fingerprint density at radius 1 is 1.20 bits per heavy atom. The van der Waals surface area contributed by atoms with Crippen LogP contribution < -0.4 is 5.32 Å². The largest absolute Gasteiger partial charge is 0.468 e. The number of hydrogen-bond acceptors (Lipinski definition) is 3. The van der Waals surface area contributed by atoms with E-state index < -0.39 is 0 Å². The van der Waals surface area contributed by atoms with Crippen LogP contribution in [0.1, 0.15) is 24.3 Å². The van der Waals surface area contributed by atoms with E-state index in [1.807, 2.05) is 36.5 Å². The summed E-state index contributed by atoms with van der Waals surface area (Å²) in [6.07, 6.45) is 3.56. The second-order valence-corrected chi connectivity index (χ2v) is 4.75. The van der Waals surface area contributed by atoms with E-state index in [2.05, 4.69) is 34.6 Å². The lowest BCUT2D eigenvalue weighted by Crippen LogP contribution is -2.17. The first-order valence-electron chi connectivity index (χ1n) is 6.69. The summed E-state index contributed by atoms with van der Waals surface area (Å²) in [5.74, 6) is 0.940. The fraction of sp³-hybridized carbons (Fsp3) is 0.188. The van der Waals surface area contributed by atoms with Gasteiger partial charge in [0.1, 0.15) is 5.76 Å². The van der Waals surface area contributed by atoms with Crippen LogP contribution in [0.15, 0.2) is 59.3 Å². The van der Waals surface area contributed by atoms with Crippen LogP contribution in [0.3, 0.4) is 0 Å². The number of nitrogens with zero attached hydrogens (tertiary/aromatic N) is 1. The smallest absolute Gasteiger partial charge is 0.120 e. The normalized spacial score (nSPS) is 12.4. The standard InChI is InChI=1S/C16H17N3O/c1-12(15-8-5-9-20-15)17-10-14-11-18-19-16(14)13-6-3-2-4-7-13/h2-9,11-12,17H,10H2,1H3,(H,18,19)/t12-/m0/s1. The topological polar surface area (TPSA) is 53.9 Å². The molecule has 0 unspecified atom stereocenters. The predicted octanol–water partition coefficient (Wildman–Crippen LogP) is 3.52. The molecule has 0 saturated heterocycles. The number of aromatic amines is 1.